The van der Waals surface area contributed by atoms with Crippen molar-refractivity contribution in [1.82, 2.24) is 0 Å². The normalized spacial score (nSPS) is 9.92. The summed E-state index contributed by atoms with van der Waals surface area (Å²) < 4.78 is 25.9. The highest BCUT2D eigenvalue weighted by Gasteiger charge is 2.11. The molecule has 64 valence electrons. The number of thiocarbonyl (C=S) groups is 1. The molecule has 0 radical (unpaired) electrons. The Morgan fingerprint density at radius 1 is 1.33 bits per heavy atom. The first-order valence-corrected chi connectivity index (χ1v) is 3.68. The van der Waals surface area contributed by atoms with Crippen molar-refractivity contribution in [2.75, 3.05) is 0 Å². The number of hydrogen-bond acceptors (Lipinski definition) is 1. The van der Waals surface area contributed by atoms with Crippen LogP contribution in [0.15, 0.2) is 12.1 Å². The van der Waals surface area contributed by atoms with E-state index in [1.54, 1.807) is 6.92 Å². The summed E-state index contributed by atoms with van der Waals surface area (Å²) in [5.41, 5.74) is 5.31. The Morgan fingerprint density at radius 3 is 2.08 bits per heavy atom. The zero-order valence-corrected chi connectivity index (χ0v) is 7.21. The molecular formula is C8H7F2NS. The van der Waals surface area contributed by atoms with Gasteiger partial charge in [0.25, 0.3) is 0 Å². The summed E-state index contributed by atoms with van der Waals surface area (Å²) >= 11 is 4.48. The first-order valence-electron chi connectivity index (χ1n) is 3.28. The van der Waals surface area contributed by atoms with Crippen LogP contribution in [0.25, 0.3) is 0 Å². The van der Waals surface area contributed by atoms with Gasteiger partial charge in [0.1, 0.15) is 16.6 Å². The van der Waals surface area contributed by atoms with Crippen molar-refractivity contribution in [3.05, 3.63) is 34.9 Å². The van der Waals surface area contributed by atoms with Crippen LogP contribution in [0.1, 0.15) is 11.1 Å². The van der Waals surface area contributed by atoms with Gasteiger partial charge in [-0.15, -0.1) is 0 Å². The van der Waals surface area contributed by atoms with Crippen LogP contribution >= 0.6 is 12.2 Å². The molecule has 4 heteroatoms. The lowest BCUT2D eigenvalue weighted by Gasteiger charge is -2.03. The smallest absolute Gasteiger partial charge is 0.136 e. The van der Waals surface area contributed by atoms with Gasteiger partial charge in [-0.25, -0.2) is 8.78 Å². The van der Waals surface area contributed by atoms with E-state index < -0.39 is 11.6 Å². The molecule has 0 aliphatic carbocycles. The van der Waals surface area contributed by atoms with Crippen molar-refractivity contribution in [1.29, 1.82) is 0 Å². The van der Waals surface area contributed by atoms with Gasteiger partial charge in [0.2, 0.25) is 0 Å². The van der Waals surface area contributed by atoms with Crippen molar-refractivity contribution in [2.45, 2.75) is 6.92 Å². The summed E-state index contributed by atoms with van der Waals surface area (Å²) in [4.78, 5) is -0.259. The van der Waals surface area contributed by atoms with Crippen molar-refractivity contribution >= 4 is 17.2 Å². The molecule has 12 heavy (non-hydrogen) atoms. The minimum Gasteiger partial charge on any atom is -0.389 e. The van der Waals surface area contributed by atoms with E-state index in [1.165, 1.54) is 12.1 Å². The topological polar surface area (TPSA) is 26.0 Å². The third-order valence-corrected chi connectivity index (χ3v) is 1.64. The van der Waals surface area contributed by atoms with Gasteiger partial charge < -0.3 is 5.73 Å². The Morgan fingerprint density at radius 2 is 1.75 bits per heavy atom. The van der Waals surface area contributed by atoms with Gasteiger partial charge in [-0.05, 0) is 24.6 Å². The van der Waals surface area contributed by atoms with Crippen LogP contribution in [0.4, 0.5) is 8.78 Å². The summed E-state index contributed by atoms with van der Waals surface area (Å²) in [5.74, 6) is -1.42. The molecule has 0 atom stereocenters. The molecule has 1 rings (SSSR count). The van der Waals surface area contributed by atoms with Crippen LogP contribution in [-0.2, 0) is 0 Å². The number of nitrogens with two attached hydrogens (primary N) is 1. The molecule has 1 nitrogen and oxygen atoms in total. The first kappa shape index (κ1) is 9.06. The van der Waals surface area contributed by atoms with E-state index in [1.807, 2.05) is 0 Å². The van der Waals surface area contributed by atoms with Crippen molar-refractivity contribution in [2.24, 2.45) is 5.73 Å². The molecule has 0 fully saturated rings. The van der Waals surface area contributed by atoms with E-state index in [0.717, 1.165) is 0 Å². The molecule has 0 unspecified atom stereocenters. The van der Waals surface area contributed by atoms with Crippen LogP contribution in [0.3, 0.4) is 0 Å². The fourth-order valence-electron chi connectivity index (χ4n) is 0.935. The number of benzene rings is 1. The molecule has 1 aromatic rings. The maximum atomic E-state index is 13.0. The van der Waals surface area contributed by atoms with Gasteiger partial charge in [0.15, 0.2) is 0 Å². The Hall–Kier alpha value is -1.03. The monoisotopic (exact) mass is 187 g/mol. The highest BCUT2D eigenvalue weighted by Crippen LogP contribution is 2.14. The zero-order chi connectivity index (χ0) is 9.30. The van der Waals surface area contributed by atoms with E-state index in [4.69, 9.17) is 5.73 Å². The van der Waals surface area contributed by atoms with E-state index in [9.17, 15) is 8.78 Å². The van der Waals surface area contributed by atoms with Crippen LogP contribution in [0.5, 0.6) is 0 Å². The number of aryl methyl sites for hydroxylation is 1. The third kappa shape index (κ3) is 1.58. The second kappa shape index (κ2) is 3.15. The maximum absolute atomic E-state index is 13.0. The lowest BCUT2D eigenvalue weighted by atomic mass is 10.1. The van der Waals surface area contributed by atoms with Crippen LogP contribution in [0.2, 0.25) is 0 Å². The predicted octanol–water partition coefficient (Wildman–Crippen LogP) is 1.91. The zero-order valence-electron chi connectivity index (χ0n) is 6.40. The first-order chi connectivity index (χ1) is 5.52. The number of hydrogen-bond donors (Lipinski definition) is 1. The quantitative estimate of drug-likeness (QED) is 0.679. The average molecular weight is 187 g/mol. The minimum atomic E-state index is -0.708. The van der Waals surface area contributed by atoms with Gasteiger partial charge in [-0.2, -0.15) is 0 Å². The van der Waals surface area contributed by atoms with Crippen LogP contribution in [0, 0.1) is 18.6 Å². The summed E-state index contributed by atoms with van der Waals surface area (Å²) in [6, 6.07) is 2.38. The van der Waals surface area contributed by atoms with Gasteiger partial charge in [0.05, 0.1) is 5.56 Å². The van der Waals surface area contributed by atoms with Crippen molar-refractivity contribution in [3.8, 4) is 0 Å². The van der Waals surface area contributed by atoms with E-state index in [2.05, 4.69) is 12.2 Å². The lowest BCUT2D eigenvalue weighted by molar-refractivity contribution is 0.577. The van der Waals surface area contributed by atoms with Gasteiger partial charge in [-0.1, -0.05) is 12.2 Å². The lowest BCUT2D eigenvalue weighted by Crippen LogP contribution is -2.14. The maximum Gasteiger partial charge on any atom is 0.136 e. The second-order valence-electron chi connectivity index (χ2n) is 2.47. The average Bonchev–Trinajstić information content (AvgIpc) is 1.82. The van der Waals surface area contributed by atoms with Gasteiger partial charge in [-0.3, -0.25) is 0 Å². The molecule has 2 N–H and O–H groups in total. The van der Waals surface area contributed by atoms with Gasteiger partial charge in [0, 0.05) is 0 Å². The Labute approximate surface area is 74.2 Å². The van der Waals surface area contributed by atoms with Crippen LogP contribution < -0.4 is 5.73 Å². The SMILES string of the molecule is Cc1cc(F)c(C(N)=S)c(F)c1. The highest BCUT2D eigenvalue weighted by atomic mass is 32.1. The summed E-state index contributed by atoms with van der Waals surface area (Å²) in [7, 11) is 0. The van der Waals surface area contributed by atoms with Crippen molar-refractivity contribution in [3.63, 3.8) is 0 Å². The van der Waals surface area contributed by atoms with Gasteiger partial charge >= 0.3 is 0 Å². The van der Waals surface area contributed by atoms with Crippen molar-refractivity contribution < 1.29 is 8.78 Å². The van der Waals surface area contributed by atoms with E-state index >= 15 is 0 Å². The summed E-state index contributed by atoms with van der Waals surface area (Å²) in [6.45, 7) is 1.59. The number of halogens is 2. The van der Waals surface area contributed by atoms with E-state index in [-0.39, 0.29) is 10.6 Å². The third-order valence-electron chi connectivity index (χ3n) is 1.43. The summed E-state index contributed by atoms with van der Waals surface area (Å²) in [5, 5.41) is 0. The predicted molar refractivity (Wildman–Crippen MR) is 47.0 cm³/mol. The molecular weight excluding hydrogens is 180 g/mol. The fourth-order valence-corrected chi connectivity index (χ4v) is 1.13. The van der Waals surface area contributed by atoms with Crippen LogP contribution in [-0.4, -0.2) is 4.99 Å². The molecule has 0 spiro atoms. The Balaban J connectivity index is 3.38. The Bertz CT molecular complexity index is 313. The molecule has 0 aliphatic rings. The fraction of sp³-hybridized carbons (Fsp3) is 0.125. The molecule has 1 aromatic carbocycles. The molecule has 0 aromatic heterocycles. The molecule has 0 aliphatic heterocycles. The Kier molecular flexibility index (Phi) is 2.38. The molecule has 0 saturated heterocycles. The highest BCUT2D eigenvalue weighted by molar-refractivity contribution is 7.80. The minimum absolute atomic E-state index is 0.259. The molecule has 0 heterocycles. The summed E-state index contributed by atoms with van der Waals surface area (Å²) in [6.07, 6.45) is 0. The largest absolute Gasteiger partial charge is 0.389 e. The molecule has 0 saturated carbocycles. The standard InChI is InChI=1S/C8H7F2NS/c1-4-2-5(9)7(8(11)12)6(10)3-4/h2-3H,1H3,(H2,11,12). The number of rotatable bonds is 1. The molecule has 0 bridgehead atoms. The molecule has 0 amide bonds. The second-order valence-corrected chi connectivity index (χ2v) is 2.91. The van der Waals surface area contributed by atoms with E-state index in [0.29, 0.717) is 5.56 Å².